The topological polar surface area (TPSA) is 35.5 Å². The molecule has 0 amide bonds. The third-order valence-electron chi connectivity index (χ3n) is 2.09. The number of halogens is 1. The molecule has 0 spiro atoms. The highest BCUT2D eigenvalue weighted by Gasteiger charge is 2.19. The summed E-state index contributed by atoms with van der Waals surface area (Å²) in [6, 6.07) is 6.16. The largest absolute Gasteiger partial charge is 0.493 e. The van der Waals surface area contributed by atoms with Gasteiger partial charge < -0.3 is 9.47 Å². The van der Waals surface area contributed by atoms with Crippen molar-refractivity contribution < 1.29 is 14.3 Å². The Morgan fingerprint density at radius 2 is 2.27 bits per heavy atom. The first-order valence-electron chi connectivity index (χ1n) is 4.57. The van der Waals surface area contributed by atoms with E-state index in [2.05, 4.69) is 33.7 Å². The molecule has 4 heteroatoms. The van der Waals surface area contributed by atoms with E-state index in [1.165, 1.54) is 12.7 Å². The molecule has 1 aliphatic rings. The average Bonchev–Trinajstić information content (AvgIpc) is 2.61. The van der Waals surface area contributed by atoms with Gasteiger partial charge in [0.05, 0.1) is 13.7 Å². The Hall–Kier alpha value is -1.03. The molecule has 1 heterocycles. The molecule has 0 saturated carbocycles. The molecule has 0 aliphatic carbocycles. The zero-order chi connectivity index (χ0) is 11.3. The summed E-state index contributed by atoms with van der Waals surface area (Å²) in [6.45, 7) is 3.38. The van der Waals surface area contributed by atoms with Gasteiger partial charge in [-0.2, -0.15) is 0 Å². The van der Waals surface area contributed by atoms with Gasteiger partial charge in [0, 0.05) is 16.0 Å². The van der Waals surface area contributed by atoms with Crippen LogP contribution in [0.3, 0.4) is 0 Å². The highest BCUT2D eigenvalue weighted by atomic mass is 79.9. The van der Waals surface area contributed by atoms with Crippen LogP contribution in [0.15, 0.2) is 22.7 Å². The van der Waals surface area contributed by atoms with E-state index in [1.807, 2.05) is 12.1 Å². The second-order valence-electron chi connectivity index (χ2n) is 3.23. The van der Waals surface area contributed by atoms with Gasteiger partial charge in [-0.25, -0.2) is 0 Å². The van der Waals surface area contributed by atoms with Gasteiger partial charge >= 0.3 is 0 Å². The van der Waals surface area contributed by atoms with Gasteiger partial charge in [-0.15, -0.1) is 0 Å². The van der Waals surface area contributed by atoms with Crippen molar-refractivity contribution in [1.82, 2.24) is 0 Å². The van der Waals surface area contributed by atoms with Crippen molar-refractivity contribution in [1.29, 1.82) is 0 Å². The summed E-state index contributed by atoms with van der Waals surface area (Å²) < 4.78 is 10.4. The van der Waals surface area contributed by atoms with Crippen LogP contribution in [0.4, 0.5) is 0 Å². The number of hydrogen-bond acceptors (Lipinski definition) is 3. The summed E-state index contributed by atoms with van der Waals surface area (Å²) in [5.41, 5.74) is 1.32. The third-order valence-corrected chi connectivity index (χ3v) is 2.58. The van der Waals surface area contributed by atoms with Gasteiger partial charge in [0.15, 0.2) is 0 Å². The predicted octanol–water partition coefficient (Wildman–Crippen LogP) is 2.73. The molecular formula is C11H13BrO3. The van der Waals surface area contributed by atoms with E-state index in [4.69, 9.17) is 9.53 Å². The molecule has 1 unspecified atom stereocenters. The van der Waals surface area contributed by atoms with Crippen molar-refractivity contribution in [3.05, 3.63) is 28.2 Å². The van der Waals surface area contributed by atoms with E-state index in [-0.39, 0.29) is 0 Å². The molecule has 1 aliphatic heterocycles. The predicted molar refractivity (Wildman–Crippen MR) is 61.1 cm³/mol. The molecule has 0 aromatic heterocycles. The van der Waals surface area contributed by atoms with E-state index >= 15 is 0 Å². The SMILES string of the molecule is CC1COc2ccc(Br)cc21.COC=O. The van der Waals surface area contributed by atoms with E-state index in [1.54, 1.807) is 0 Å². The van der Waals surface area contributed by atoms with Gasteiger partial charge in [-0.05, 0) is 18.2 Å². The molecule has 0 bridgehead atoms. The normalized spacial score (nSPS) is 16.9. The van der Waals surface area contributed by atoms with Crippen molar-refractivity contribution in [2.24, 2.45) is 0 Å². The Morgan fingerprint density at radius 1 is 1.60 bits per heavy atom. The van der Waals surface area contributed by atoms with Crippen LogP contribution in [-0.4, -0.2) is 20.2 Å². The van der Waals surface area contributed by atoms with E-state index < -0.39 is 0 Å². The van der Waals surface area contributed by atoms with Gasteiger partial charge in [0.2, 0.25) is 0 Å². The Labute approximate surface area is 97.5 Å². The minimum absolute atomic E-state index is 0.375. The molecule has 0 fully saturated rings. The third kappa shape index (κ3) is 3.23. The van der Waals surface area contributed by atoms with Crippen LogP contribution in [0.1, 0.15) is 18.4 Å². The number of fused-ring (bicyclic) bond motifs is 1. The van der Waals surface area contributed by atoms with E-state index in [0.29, 0.717) is 12.4 Å². The summed E-state index contributed by atoms with van der Waals surface area (Å²) >= 11 is 3.44. The van der Waals surface area contributed by atoms with Crippen LogP contribution in [0.5, 0.6) is 5.75 Å². The first-order valence-corrected chi connectivity index (χ1v) is 5.37. The Balaban J connectivity index is 0.000000245. The molecule has 82 valence electrons. The number of benzene rings is 1. The number of carbonyl (C=O) groups is 1. The number of methoxy groups -OCH3 is 1. The molecule has 1 aromatic carbocycles. The summed E-state index contributed by atoms with van der Waals surface area (Å²) in [4.78, 5) is 8.95. The first-order chi connectivity index (χ1) is 7.19. The van der Waals surface area contributed by atoms with Crippen molar-refractivity contribution in [2.75, 3.05) is 13.7 Å². The number of ether oxygens (including phenoxy) is 2. The van der Waals surface area contributed by atoms with Crippen LogP contribution < -0.4 is 4.74 Å². The molecule has 0 radical (unpaired) electrons. The molecular weight excluding hydrogens is 260 g/mol. The van der Waals surface area contributed by atoms with Crippen molar-refractivity contribution in [3.8, 4) is 5.75 Å². The second-order valence-corrected chi connectivity index (χ2v) is 4.14. The van der Waals surface area contributed by atoms with Crippen LogP contribution in [0.2, 0.25) is 0 Å². The smallest absolute Gasteiger partial charge is 0.292 e. The summed E-state index contributed by atoms with van der Waals surface area (Å²) in [5, 5.41) is 0. The molecule has 15 heavy (non-hydrogen) atoms. The molecule has 3 nitrogen and oxygen atoms in total. The van der Waals surface area contributed by atoms with Crippen LogP contribution in [0, 0.1) is 0 Å². The number of hydrogen-bond donors (Lipinski definition) is 0. The standard InChI is InChI=1S/C9H9BrO.C2H4O2/c1-6-5-11-9-3-2-7(10)4-8(6)9;1-4-2-3/h2-4,6H,5H2,1H3;2H,1H3. The van der Waals surface area contributed by atoms with Crippen LogP contribution in [0.25, 0.3) is 0 Å². The molecule has 0 N–H and O–H groups in total. The average molecular weight is 273 g/mol. The Morgan fingerprint density at radius 3 is 2.87 bits per heavy atom. The van der Waals surface area contributed by atoms with Crippen LogP contribution in [-0.2, 0) is 9.53 Å². The Kier molecular flexibility index (Phi) is 4.62. The van der Waals surface area contributed by atoms with Crippen molar-refractivity contribution >= 4 is 22.4 Å². The molecule has 0 saturated heterocycles. The fourth-order valence-electron chi connectivity index (χ4n) is 1.34. The second kappa shape index (κ2) is 5.75. The Bertz CT molecular complexity index is 339. The minimum atomic E-state index is 0.375. The van der Waals surface area contributed by atoms with Crippen molar-refractivity contribution in [3.63, 3.8) is 0 Å². The quantitative estimate of drug-likeness (QED) is 0.738. The maximum Gasteiger partial charge on any atom is 0.292 e. The summed E-state index contributed by atoms with van der Waals surface area (Å²) in [7, 11) is 1.31. The summed E-state index contributed by atoms with van der Waals surface area (Å²) in [6.07, 6.45) is 0. The monoisotopic (exact) mass is 272 g/mol. The highest BCUT2D eigenvalue weighted by Crippen LogP contribution is 2.35. The minimum Gasteiger partial charge on any atom is -0.493 e. The van der Waals surface area contributed by atoms with Gasteiger partial charge in [0.25, 0.3) is 6.47 Å². The van der Waals surface area contributed by atoms with Gasteiger partial charge in [-0.1, -0.05) is 22.9 Å². The summed E-state index contributed by atoms with van der Waals surface area (Å²) in [5.74, 6) is 1.59. The number of carbonyl (C=O) groups excluding carboxylic acids is 1. The number of rotatable bonds is 1. The lowest BCUT2D eigenvalue weighted by atomic mass is 10.0. The van der Waals surface area contributed by atoms with Crippen LogP contribution >= 0.6 is 15.9 Å². The van der Waals surface area contributed by atoms with Crippen molar-refractivity contribution in [2.45, 2.75) is 12.8 Å². The van der Waals surface area contributed by atoms with Gasteiger partial charge in [-0.3, -0.25) is 4.79 Å². The molecule has 1 atom stereocenters. The maximum absolute atomic E-state index is 8.95. The zero-order valence-electron chi connectivity index (χ0n) is 8.70. The maximum atomic E-state index is 8.95. The molecule has 1 aromatic rings. The van der Waals surface area contributed by atoms with Gasteiger partial charge in [0.1, 0.15) is 5.75 Å². The lowest BCUT2D eigenvalue weighted by Crippen LogP contribution is -1.93. The lowest BCUT2D eigenvalue weighted by molar-refractivity contribution is -0.126. The van der Waals surface area contributed by atoms with E-state index in [0.717, 1.165) is 16.8 Å². The first kappa shape index (κ1) is 12.0. The van der Waals surface area contributed by atoms with E-state index in [9.17, 15) is 0 Å². The molecule has 2 rings (SSSR count). The zero-order valence-corrected chi connectivity index (χ0v) is 10.3. The highest BCUT2D eigenvalue weighted by molar-refractivity contribution is 9.10. The lowest BCUT2D eigenvalue weighted by Gasteiger charge is -1.99. The fraction of sp³-hybridized carbons (Fsp3) is 0.364. The fourth-order valence-corrected chi connectivity index (χ4v) is 1.72.